The van der Waals surface area contributed by atoms with Crippen LogP contribution in [0.3, 0.4) is 0 Å². The van der Waals surface area contributed by atoms with Gasteiger partial charge >= 0.3 is 0 Å². The van der Waals surface area contributed by atoms with Crippen LogP contribution in [0.4, 0.5) is 0 Å². The number of unbranched alkanes of at least 4 members (excludes halogenated alkanes) is 9. The van der Waals surface area contributed by atoms with Gasteiger partial charge in [-0.25, -0.2) is 9.97 Å². The number of nitrogens with zero attached hydrogens (tertiary/aromatic N) is 2. The Morgan fingerprint density at radius 1 is 0.800 bits per heavy atom. The summed E-state index contributed by atoms with van der Waals surface area (Å²) in [6.45, 7) is 6.46. The maximum Gasteiger partial charge on any atom is 0.131 e. The molecule has 1 heterocycles. The Kier molecular flexibility index (Phi) is 10.1. The van der Waals surface area contributed by atoms with E-state index in [0.29, 0.717) is 11.8 Å². The van der Waals surface area contributed by atoms with Crippen molar-refractivity contribution in [3.05, 3.63) is 30.7 Å². The van der Waals surface area contributed by atoms with Crippen LogP contribution in [-0.2, 0) is 6.42 Å². The molecule has 0 spiro atoms. The molecule has 1 aliphatic rings. The number of hydrogen-bond donors (Lipinski definition) is 0. The fourth-order valence-electron chi connectivity index (χ4n) is 3.94. The summed E-state index contributed by atoms with van der Waals surface area (Å²) in [5.41, 5.74) is 1.31. The van der Waals surface area contributed by atoms with E-state index in [0.717, 1.165) is 12.2 Å². The van der Waals surface area contributed by atoms with Crippen molar-refractivity contribution >= 4 is 0 Å². The maximum absolute atomic E-state index is 4.66. The number of rotatable bonds is 12. The van der Waals surface area contributed by atoms with E-state index >= 15 is 0 Å². The average Bonchev–Trinajstić information content (AvgIpc) is 2.64. The zero-order valence-electron chi connectivity index (χ0n) is 16.5. The quantitative estimate of drug-likeness (QED) is 0.380. The summed E-state index contributed by atoms with van der Waals surface area (Å²) in [6, 6.07) is 0. The van der Waals surface area contributed by atoms with Crippen LogP contribution in [0.2, 0.25) is 0 Å². The van der Waals surface area contributed by atoms with Crippen LogP contribution in [0.1, 0.15) is 114 Å². The van der Waals surface area contributed by atoms with Gasteiger partial charge in [-0.05, 0) is 50.0 Å². The lowest BCUT2D eigenvalue weighted by Gasteiger charge is -2.24. The molecule has 2 nitrogen and oxygen atoms in total. The Morgan fingerprint density at radius 2 is 1.32 bits per heavy atom. The second kappa shape index (κ2) is 12.4. The van der Waals surface area contributed by atoms with Gasteiger partial charge in [0.15, 0.2) is 0 Å². The topological polar surface area (TPSA) is 25.8 Å². The summed E-state index contributed by atoms with van der Waals surface area (Å²) in [7, 11) is 0. The summed E-state index contributed by atoms with van der Waals surface area (Å²) < 4.78 is 0. The first-order valence-electron chi connectivity index (χ1n) is 10.9. The molecule has 0 saturated heterocycles. The van der Waals surface area contributed by atoms with Crippen LogP contribution in [0, 0.1) is 12.8 Å². The minimum atomic E-state index is 0.573. The zero-order valence-corrected chi connectivity index (χ0v) is 16.5. The fraction of sp³-hybridized carbons (Fsp3) is 0.783. The first-order valence-corrected chi connectivity index (χ1v) is 10.9. The molecule has 0 aliphatic heterocycles. The van der Waals surface area contributed by atoms with E-state index in [2.05, 4.69) is 36.2 Å². The van der Waals surface area contributed by atoms with E-state index in [1.807, 2.05) is 0 Å². The Balaban J connectivity index is 1.52. The second-order valence-corrected chi connectivity index (χ2v) is 8.10. The Labute approximate surface area is 156 Å². The summed E-state index contributed by atoms with van der Waals surface area (Å²) in [4.78, 5) is 9.32. The van der Waals surface area contributed by atoms with Crippen molar-refractivity contribution in [2.45, 2.75) is 109 Å². The predicted octanol–water partition coefficient (Wildman–Crippen LogP) is 7.05. The monoisotopic (exact) mass is 343 g/mol. The molecule has 141 valence electrons. The Morgan fingerprint density at radius 3 is 1.88 bits per heavy atom. The van der Waals surface area contributed by atoms with Crippen LogP contribution in [-0.4, -0.2) is 9.97 Å². The summed E-state index contributed by atoms with van der Waals surface area (Å²) in [5.74, 6) is 2.29. The predicted molar refractivity (Wildman–Crippen MR) is 108 cm³/mol. The molecule has 1 aromatic heterocycles. The lowest BCUT2D eigenvalue weighted by atomic mass is 9.82. The standard InChI is InChI=1S/C23H39N2/c1-3-4-5-6-7-8-9-10-11-12-13-21-18-24-23(25-19-21)22-16-14-20(2)15-17-22/h18-20,22H,2-17H2,1H3/t20-,22-. The van der Waals surface area contributed by atoms with Gasteiger partial charge in [0, 0.05) is 18.3 Å². The molecule has 1 aliphatic carbocycles. The van der Waals surface area contributed by atoms with Crippen molar-refractivity contribution in [3.8, 4) is 0 Å². The molecule has 25 heavy (non-hydrogen) atoms. The molecular weight excluding hydrogens is 304 g/mol. The number of aryl methyl sites for hydroxylation is 1. The Hall–Kier alpha value is -0.920. The van der Waals surface area contributed by atoms with E-state index in [1.165, 1.54) is 95.5 Å². The van der Waals surface area contributed by atoms with E-state index in [4.69, 9.17) is 0 Å². The first-order chi connectivity index (χ1) is 12.3. The molecule has 1 fully saturated rings. The van der Waals surface area contributed by atoms with Crippen molar-refractivity contribution in [1.29, 1.82) is 0 Å². The van der Waals surface area contributed by atoms with Crippen LogP contribution < -0.4 is 0 Å². The molecule has 1 saturated carbocycles. The molecule has 0 unspecified atom stereocenters. The van der Waals surface area contributed by atoms with Crippen molar-refractivity contribution in [2.24, 2.45) is 5.92 Å². The van der Waals surface area contributed by atoms with Crippen molar-refractivity contribution < 1.29 is 0 Å². The van der Waals surface area contributed by atoms with Gasteiger partial charge in [0.1, 0.15) is 5.82 Å². The van der Waals surface area contributed by atoms with Crippen molar-refractivity contribution in [2.75, 3.05) is 0 Å². The average molecular weight is 344 g/mol. The van der Waals surface area contributed by atoms with Crippen LogP contribution in [0.5, 0.6) is 0 Å². The van der Waals surface area contributed by atoms with E-state index in [1.54, 1.807) is 0 Å². The molecule has 0 aromatic carbocycles. The highest BCUT2D eigenvalue weighted by atomic mass is 14.9. The molecule has 0 atom stereocenters. The number of hydrogen-bond acceptors (Lipinski definition) is 2. The highest BCUT2D eigenvalue weighted by molar-refractivity contribution is 5.08. The van der Waals surface area contributed by atoms with Gasteiger partial charge in [-0.3, -0.25) is 0 Å². The lowest BCUT2D eigenvalue weighted by Crippen LogP contribution is -2.13. The fourth-order valence-corrected chi connectivity index (χ4v) is 3.94. The van der Waals surface area contributed by atoms with Gasteiger partial charge in [0.2, 0.25) is 0 Å². The minimum Gasteiger partial charge on any atom is -0.241 e. The van der Waals surface area contributed by atoms with E-state index in [-0.39, 0.29) is 0 Å². The first kappa shape index (κ1) is 20.4. The normalized spacial score (nSPS) is 20.7. The van der Waals surface area contributed by atoms with Crippen LogP contribution in [0.25, 0.3) is 0 Å². The summed E-state index contributed by atoms with van der Waals surface area (Å²) in [5, 5.41) is 0. The third-order valence-corrected chi connectivity index (χ3v) is 5.76. The smallest absolute Gasteiger partial charge is 0.131 e. The van der Waals surface area contributed by atoms with Gasteiger partial charge in [-0.15, -0.1) is 0 Å². The zero-order chi connectivity index (χ0) is 17.7. The van der Waals surface area contributed by atoms with Crippen molar-refractivity contribution in [3.63, 3.8) is 0 Å². The molecule has 0 N–H and O–H groups in total. The van der Waals surface area contributed by atoms with E-state index < -0.39 is 0 Å². The maximum atomic E-state index is 4.66. The molecular formula is C23H39N2. The second-order valence-electron chi connectivity index (χ2n) is 8.10. The van der Waals surface area contributed by atoms with E-state index in [9.17, 15) is 0 Å². The third-order valence-electron chi connectivity index (χ3n) is 5.76. The highest BCUT2D eigenvalue weighted by Gasteiger charge is 2.21. The van der Waals surface area contributed by atoms with Crippen molar-refractivity contribution in [1.82, 2.24) is 9.97 Å². The van der Waals surface area contributed by atoms with Gasteiger partial charge < -0.3 is 0 Å². The third kappa shape index (κ3) is 8.33. The molecule has 2 rings (SSSR count). The minimum absolute atomic E-state index is 0.573. The molecule has 0 bridgehead atoms. The van der Waals surface area contributed by atoms with Gasteiger partial charge in [0.25, 0.3) is 0 Å². The molecule has 1 aromatic rings. The van der Waals surface area contributed by atoms with Crippen LogP contribution in [0.15, 0.2) is 12.4 Å². The Bertz CT molecular complexity index is 432. The number of aromatic nitrogens is 2. The SMILES string of the molecule is [CH2][C@H]1CC[C@H](c2ncc(CCCCCCCCCCCC)cn2)CC1. The molecule has 0 amide bonds. The molecule has 1 radical (unpaired) electrons. The lowest BCUT2D eigenvalue weighted by molar-refractivity contribution is 0.363. The van der Waals surface area contributed by atoms with Gasteiger partial charge in [0.05, 0.1) is 0 Å². The largest absolute Gasteiger partial charge is 0.241 e. The summed E-state index contributed by atoms with van der Waals surface area (Å²) in [6.07, 6.45) is 24.1. The summed E-state index contributed by atoms with van der Waals surface area (Å²) >= 11 is 0. The van der Waals surface area contributed by atoms with Crippen LogP contribution >= 0.6 is 0 Å². The van der Waals surface area contributed by atoms with Gasteiger partial charge in [-0.2, -0.15) is 0 Å². The highest BCUT2D eigenvalue weighted by Crippen LogP contribution is 2.33. The molecule has 2 heteroatoms. The van der Waals surface area contributed by atoms with Gasteiger partial charge in [-0.1, -0.05) is 71.6 Å².